The Bertz CT molecular complexity index is 445. The lowest BCUT2D eigenvalue weighted by Crippen LogP contribution is -2.47. The Hall–Kier alpha value is -1.14. The van der Waals surface area contributed by atoms with Gasteiger partial charge in [0.1, 0.15) is 0 Å². The summed E-state index contributed by atoms with van der Waals surface area (Å²) in [6, 6.07) is 0.189. The van der Waals surface area contributed by atoms with Crippen molar-refractivity contribution in [3.63, 3.8) is 0 Å². The summed E-state index contributed by atoms with van der Waals surface area (Å²) in [6.45, 7) is 8.30. The van der Waals surface area contributed by atoms with Crippen molar-refractivity contribution in [2.75, 3.05) is 52.5 Å². The minimum atomic E-state index is 0.128. The van der Waals surface area contributed by atoms with Gasteiger partial charge >= 0.3 is 0 Å². The maximum Gasteiger partial charge on any atom is 0.225 e. The lowest BCUT2D eigenvalue weighted by Gasteiger charge is -2.32. The van der Waals surface area contributed by atoms with Gasteiger partial charge in [-0.15, -0.1) is 0 Å². The van der Waals surface area contributed by atoms with E-state index in [1.165, 1.54) is 12.8 Å². The molecule has 1 atom stereocenters. The number of likely N-dealkylation sites (tertiary alicyclic amines) is 1. The second kappa shape index (κ2) is 8.30. The Morgan fingerprint density at radius 3 is 2.46 bits per heavy atom. The Morgan fingerprint density at radius 1 is 1.08 bits per heavy atom. The van der Waals surface area contributed by atoms with Gasteiger partial charge in [-0.2, -0.15) is 0 Å². The maximum absolute atomic E-state index is 12.6. The van der Waals surface area contributed by atoms with Crippen molar-refractivity contribution < 1.29 is 14.3 Å². The summed E-state index contributed by atoms with van der Waals surface area (Å²) in [6.07, 6.45) is 5.39. The van der Waals surface area contributed by atoms with Crippen LogP contribution in [0, 0.1) is 5.92 Å². The largest absolute Gasteiger partial charge is 0.379 e. The molecule has 2 amide bonds. The van der Waals surface area contributed by atoms with E-state index in [4.69, 9.17) is 4.74 Å². The number of ether oxygens (including phenoxy) is 1. The summed E-state index contributed by atoms with van der Waals surface area (Å²) in [5, 5.41) is 0. The van der Waals surface area contributed by atoms with Crippen LogP contribution < -0.4 is 0 Å². The Labute approximate surface area is 145 Å². The molecule has 136 valence electrons. The third-order valence-electron chi connectivity index (χ3n) is 5.79. The van der Waals surface area contributed by atoms with Gasteiger partial charge in [0.05, 0.1) is 19.3 Å². The molecule has 3 fully saturated rings. The van der Waals surface area contributed by atoms with Gasteiger partial charge in [-0.25, -0.2) is 0 Å². The summed E-state index contributed by atoms with van der Waals surface area (Å²) in [5.74, 6) is 0.693. The zero-order valence-electron chi connectivity index (χ0n) is 14.9. The smallest absolute Gasteiger partial charge is 0.225 e. The highest BCUT2D eigenvalue weighted by molar-refractivity contribution is 5.80. The molecule has 6 heteroatoms. The number of hydrogen-bond donors (Lipinski definition) is 0. The van der Waals surface area contributed by atoms with Crippen LogP contribution >= 0.6 is 0 Å². The van der Waals surface area contributed by atoms with Crippen molar-refractivity contribution in [1.82, 2.24) is 14.7 Å². The van der Waals surface area contributed by atoms with Gasteiger partial charge < -0.3 is 14.5 Å². The monoisotopic (exact) mass is 337 g/mol. The number of amides is 2. The quantitative estimate of drug-likeness (QED) is 0.750. The van der Waals surface area contributed by atoms with Crippen LogP contribution in [0.1, 0.15) is 39.0 Å². The number of nitrogens with zero attached hydrogens (tertiary/aromatic N) is 3. The maximum atomic E-state index is 12.6. The highest BCUT2D eigenvalue weighted by atomic mass is 16.5. The van der Waals surface area contributed by atoms with Gasteiger partial charge in [0, 0.05) is 52.1 Å². The van der Waals surface area contributed by atoms with E-state index in [1.54, 1.807) is 6.92 Å². The van der Waals surface area contributed by atoms with E-state index in [-0.39, 0.29) is 17.9 Å². The van der Waals surface area contributed by atoms with Gasteiger partial charge in [0.15, 0.2) is 0 Å². The minimum absolute atomic E-state index is 0.128. The van der Waals surface area contributed by atoms with Crippen LogP contribution in [0.25, 0.3) is 0 Å². The molecular weight excluding hydrogens is 306 g/mol. The molecule has 2 heterocycles. The molecule has 0 spiro atoms. The third-order valence-corrected chi connectivity index (χ3v) is 5.79. The van der Waals surface area contributed by atoms with Crippen molar-refractivity contribution in [2.24, 2.45) is 5.92 Å². The molecule has 3 rings (SSSR count). The lowest BCUT2D eigenvalue weighted by atomic mass is 10.1. The van der Waals surface area contributed by atoms with Crippen LogP contribution in [-0.2, 0) is 14.3 Å². The molecule has 0 aromatic rings. The highest BCUT2D eigenvalue weighted by Gasteiger charge is 2.35. The molecule has 0 aromatic carbocycles. The van der Waals surface area contributed by atoms with Crippen LogP contribution in [0.5, 0.6) is 0 Å². The number of carbonyl (C=O) groups excluding carboxylic acids is 2. The molecule has 1 aliphatic carbocycles. The summed E-state index contributed by atoms with van der Waals surface area (Å²) in [4.78, 5) is 31.1. The van der Waals surface area contributed by atoms with Crippen molar-refractivity contribution in [1.29, 1.82) is 0 Å². The molecule has 1 saturated carbocycles. The van der Waals surface area contributed by atoms with Gasteiger partial charge in [-0.05, 0) is 19.3 Å². The molecule has 0 N–H and O–H groups in total. The summed E-state index contributed by atoms with van der Waals surface area (Å²) in [5.41, 5.74) is 0. The van der Waals surface area contributed by atoms with E-state index in [0.717, 1.165) is 71.7 Å². The first-order valence-electron chi connectivity index (χ1n) is 9.51. The number of carbonyl (C=O) groups is 2. The molecule has 0 aromatic heterocycles. The summed E-state index contributed by atoms with van der Waals surface area (Å²) < 4.78 is 5.38. The van der Waals surface area contributed by atoms with Crippen molar-refractivity contribution >= 4 is 11.8 Å². The molecule has 0 radical (unpaired) electrons. The second-order valence-electron chi connectivity index (χ2n) is 7.37. The highest BCUT2D eigenvalue weighted by Crippen LogP contribution is 2.28. The zero-order valence-corrected chi connectivity index (χ0v) is 14.9. The van der Waals surface area contributed by atoms with Crippen molar-refractivity contribution in [2.45, 2.75) is 45.1 Å². The molecule has 24 heavy (non-hydrogen) atoms. The van der Waals surface area contributed by atoms with Crippen LogP contribution in [-0.4, -0.2) is 85.0 Å². The van der Waals surface area contributed by atoms with Crippen molar-refractivity contribution in [3.05, 3.63) is 0 Å². The fourth-order valence-electron chi connectivity index (χ4n) is 4.30. The molecule has 2 aliphatic heterocycles. The fourth-order valence-corrected chi connectivity index (χ4v) is 4.30. The van der Waals surface area contributed by atoms with Gasteiger partial charge in [-0.1, -0.05) is 12.8 Å². The Kier molecular flexibility index (Phi) is 6.11. The first-order valence-corrected chi connectivity index (χ1v) is 9.51. The Morgan fingerprint density at radius 2 is 1.79 bits per heavy atom. The van der Waals surface area contributed by atoms with E-state index in [9.17, 15) is 9.59 Å². The number of morpholine rings is 1. The summed E-state index contributed by atoms with van der Waals surface area (Å²) in [7, 11) is 0. The predicted molar refractivity (Wildman–Crippen MR) is 91.6 cm³/mol. The molecule has 2 saturated heterocycles. The topological polar surface area (TPSA) is 53.1 Å². The average Bonchev–Trinajstić information content (AvgIpc) is 3.27. The number of hydrogen-bond acceptors (Lipinski definition) is 4. The standard InChI is InChI=1S/C18H31N3O3/c1-15(22)21(9-8-19-10-12-24-13-11-19)17-6-7-20(14-17)18(23)16-4-2-3-5-16/h16-17H,2-14H2,1H3. The first-order chi connectivity index (χ1) is 11.6. The molecule has 6 nitrogen and oxygen atoms in total. The molecule has 0 bridgehead atoms. The normalized spacial score (nSPS) is 26.0. The lowest BCUT2D eigenvalue weighted by molar-refractivity contribution is -0.136. The predicted octanol–water partition coefficient (Wildman–Crippen LogP) is 0.958. The van der Waals surface area contributed by atoms with Crippen LogP contribution in [0.4, 0.5) is 0 Å². The van der Waals surface area contributed by atoms with Gasteiger partial charge in [-0.3, -0.25) is 14.5 Å². The van der Waals surface area contributed by atoms with Gasteiger partial charge in [0.25, 0.3) is 0 Å². The third kappa shape index (κ3) is 4.28. The van der Waals surface area contributed by atoms with E-state index in [2.05, 4.69) is 4.90 Å². The van der Waals surface area contributed by atoms with E-state index < -0.39 is 0 Å². The van der Waals surface area contributed by atoms with Crippen molar-refractivity contribution in [3.8, 4) is 0 Å². The first kappa shape index (κ1) is 17.7. The summed E-state index contributed by atoms with van der Waals surface area (Å²) >= 11 is 0. The van der Waals surface area contributed by atoms with E-state index >= 15 is 0 Å². The van der Waals surface area contributed by atoms with Crippen LogP contribution in [0.15, 0.2) is 0 Å². The van der Waals surface area contributed by atoms with Crippen LogP contribution in [0.2, 0.25) is 0 Å². The molecule has 3 aliphatic rings. The second-order valence-corrected chi connectivity index (χ2v) is 7.37. The zero-order chi connectivity index (χ0) is 16.9. The Balaban J connectivity index is 1.50. The SMILES string of the molecule is CC(=O)N(CCN1CCOCC1)C1CCN(C(=O)C2CCCC2)C1. The van der Waals surface area contributed by atoms with E-state index in [1.807, 2.05) is 9.80 Å². The fraction of sp³-hybridized carbons (Fsp3) is 0.889. The minimum Gasteiger partial charge on any atom is -0.379 e. The van der Waals surface area contributed by atoms with E-state index in [0.29, 0.717) is 5.91 Å². The average molecular weight is 337 g/mol. The molecule has 1 unspecified atom stereocenters. The van der Waals surface area contributed by atoms with Gasteiger partial charge in [0.2, 0.25) is 11.8 Å². The van der Waals surface area contributed by atoms with Crippen LogP contribution in [0.3, 0.4) is 0 Å². The molecular formula is C18H31N3O3. The number of rotatable bonds is 5.